The molecule has 2 amide bonds. The minimum absolute atomic E-state index is 0.000537. The number of piperazine rings is 1. The Labute approximate surface area is 188 Å². The van der Waals surface area contributed by atoms with E-state index in [9.17, 15) is 9.59 Å². The number of hydrogen-bond acceptors (Lipinski definition) is 4. The van der Waals surface area contributed by atoms with Crippen LogP contribution in [0.5, 0.6) is 0 Å². The monoisotopic (exact) mass is 429 g/mol. The molecule has 164 valence electrons. The van der Waals surface area contributed by atoms with Crippen molar-refractivity contribution in [3.05, 3.63) is 90.3 Å². The summed E-state index contributed by atoms with van der Waals surface area (Å²) >= 11 is 0. The molecule has 2 aliphatic heterocycles. The molecule has 1 N–H and O–H groups in total. The van der Waals surface area contributed by atoms with Crippen LogP contribution in [-0.4, -0.2) is 63.5 Å². The molecule has 5 rings (SSSR count). The maximum absolute atomic E-state index is 12.3. The van der Waals surface area contributed by atoms with E-state index in [0.717, 1.165) is 6.42 Å². The normalized spacial score (nSPS) is 19.4. The molecule has 2 aromatic carbocycles. The van der Waals surface area contributed by atoms with Crippen LogP contribution in [0.3, 0.4) is 0 Å². The lowest BCUT2D eigenvalue weighted by Gasteiger charge is -2.53. The highest BCUT2D eigenvalue weighted by atomic mass is 16.3. The summed E-state index contributed by atoms with van der Waals surface area (Å²) in [4.78, 5) is 31.4. The maximum atomic E-state index is 12.3. The van der Waals surface area contributed by atoms with E-state index in [1.165, 1.54) is 16.7 Å². The Balaban J connectivity index is 0.000000165. The van der Waals surface area contributed by atoms with E-state index in [4.69, 9.17) is 5.11 Å². The minimum atomic E-state index is -0.136. The van der Waals surface area contributed by atoms with E-state index < -0.39 is 0 Å². The molecule has 3 aromatic rings. The van der Waals surface area contributed by atoms with Gasteiger partial charge in [0.05, 0.1) is 18.7 Å². The van der Waals surface area contributed by atoms with Gasteiger partial charge in [-0.15, -0.1) is 0 Å². The molecule has 0 saturated carbocycles. The van der Waals surface area contributed by atoms with Gasteiger partial charge in [-0.25, -0.2) is 0 Å². The first-order chi connectivity index (χ1) is 15.6. The van der Waals surface area contributed by atoms with Gasteiger partial charge in [0, 0.05) is 24.5 Å². The van der Waals surface area contributed by atoms with Crippen molar-refractivity contribution in [3.63, 3.8) is 0 Å². The summed E-state index contributed by atoms with van der Waals surface area (Å²) in [6.45, 7) is 2.78. The number of pyridine rings is 1. The zero-order chi connectivity index (χ0) is 22.5. The number of rotatable bonds is 3. The Bertz CT molecular complexity index is 1070. The molecule has 6 nitrogen and oxygen atoms in total. The predicted molar refractivity (Wildman–Crippen MR) is 123 cm³/mol. The van der Waals surface area contributed by atoms with Crippen molar-refractivity contribution in [3.8, 4) is 11.1 Å². The number of aryl methyl sites for hydroxylation is 1. The van der Waals surface area contributed by atoms with Crippen LogP contribution in [0.15, 0.2) is 79.1 Å². The van der Waals surface area contributed by atoms with Crippen molar-refractivity contribution in [1.29, 1.82) is 0 Å². The molecule has 0 spiro atoms. The second kappa shape index (κ2) is 9.75. The molecule has 2 atom stereocenters. The number of aliphatic hydroxyl groups is 1. The van der Waals surface area contributed by atoms with Gasteiger partial charge in [0.2, 0.25) is 5.91 Å². The molecule has 2 fully saturated rings. The summed E-state index contributed by atoms with van der Waals surface area (Å²) in [6, 6.07) is 22.2. The first-order valence-electron chi connectivity index (χ1n) is 10.8. The summed E-state index contributed by atoms with van der Waals surface area (Å²) in [5.74, 6) is -0.216. The third-order valence-corrected chi connectivity index (χ3v) is 6.03. The van der Waals surface area contributed by atoms with E-state index >= 15 is 0 Å². The number of hydrogen-bond donors (Lipinski definition) is 1. The molecule has 0 bridgehead atoms. The number of fused-ring (bicyclic) bond motifs is 1. The van der Waals surface area contributed by atoms with Gasteiger partial charge in [0.25, 0.3) is 5.91 Å². The van der Waals surface area contributed by atoms with Gasteiger partial charge in [-0.05, 0) is 42.2 Å². The lowest BCUT2D eigenvalue weighted by Crippen LogP contribution is -2.69. The van der Waals surface area contributed by atoms with Gasteiger partial charge in [-0.1, -0.05) is 54.6 Å². The van der Waals surface area contributed by atoms with Crippen molar-refractivity contribution < 1.29 is 14.7 Å². The van der Waals surface area contributed by atoms with E-state index in [-0.39, 0.29) is 37.0 Å². The smallest absolute Gasteiger partial charge is 0.254 e. The molecule has 0 aliphatic carbocycles. The Morgan fingerprint density at radius 3 is 2.38 bits per heavy atom. The SMILES string of the molecule is Cc1ccccc1-c1ccccc1.O=C(c1ccncc1)N1CC(=O)N2C(CO)CC2C1. The van der Waals surface area contributed by atoms with Gasteiger partial charge in [-0.3, -0.25) is 14.6 Å². The highest BCUT2D eigenvalue weighted by molar-refractivity contribution is 5.97. The van der Waals surface area contributed by atoms with E-state index in [1.54, 1.807) is 34.3 Å². The van der Waals surface area contributed by atoms with Crippen molar-refractivity contribution in [2.24, 2.45) is 0 Å². The fourth-order valence-electron chi connectivity index (χ4n) is 4.34. The summed E-state index contributed by atoms with van der Waals surface area (Å²) in [6.07, 6.45) is 3.90. The Morgan fingerprint density at radius 2 is 1.72 bits per heavy atom. The van der Waals surface area contributed by atoms with E-state index in [0.29, 0.717) is 12.1 Å². The molecular weight excluding hydrogens is 402 g/mol. The second-order valence-corrected chi connectivity index (χ2v) is 8.13. The van der Waals surface area contributed by atoms with Gasteiger partial charge >= 0.3 is 0 Å². The van der Waals surface area contributed by atoms with Gasteiger partial charge < -0.3 is 14.9 Å². The Hall–Kier alpha value is -3.51. The van der Waals surface area contributed by atoms with Crippen LogP contribution in [0.2, 0.25) is 0 Å². The zero-order valence-electron chi connectivity index (χ0n) is 18.1. The summed E-state index contributed by atoms with van der Waals surface area (Å²) in [5.41, 5.74) is 4.49. The number of aliphatic hydroxyl groups excluding tert-OH is 1. The van der Waals surface area contributed by atoms with Crippen molar-refractivity contribution >= 4 is 11.8 Å². The molecule has 2 saturated heterocycles. The van der Waals surface area contributed by atoms with Crippen LogP contribution in [0.25, 0.3) is 11.1 Å². The number of aromatic nitrogens is 1. The van der Waals surface area contributed by atoms with Crippen molar-refractivity contribution in [2.75, 3.05) is 19.7 Å². The average molecular weight is 430 g/mol. The predicted octanol–water partition coefficient (Wildman–Crippen LogP) is 3.16. The maximum Gasteiger partial charge on any atom is 0.254 e. The Kier molecular flexibility index (Phi) is 6.61. The first-order valence-corrected chi connectivity index (χ1v) is 10.8. The third kappa shape index (κ3) is 4.55. The quantitative estimate of drug-likeness (QED) is 0.694. The molecule has 2 unspecified atom stereocenters. The largest absolute Gasteiger partial charge is 0.394 e. The standard InChI is InChI=1S/C13H15N3O3.C13H12/c17-8-11-5-10-6-15(7-12(18)16(10)11)13(19)9-1-3-14-4-2-9;1-11-7-5-6-10-13(11)12-8-3-2-4-9-12/h1-4,10-11,17H,5-8H2;2-10H,1H3. The van der Waals surface area contributed by atoms with Crippen LogP contribution in [-0.2, 0) is 4.79 Å². The van der Waals surface area contributed by atoms with Gasteiger partial charge in [0.15, 0.2) is 0 Å². The van der Waals surface area contributed by atoms with Gasteiger partial charge in [-0.2, -0.15) is 0 Å². The first kappa shape index (κ1) is 21.7. The topological polar surface area (TPSA) is 73.7 Å². The summed E-state index contributed by atoms with van der Waals surface area (Å²) in [7, 11) is 0. The molecule has 32 heavy (non-hydrogen) atoms. The average Bonchev–Trinajstić information content (AvgIpc) is 2.81. The van der Waals surface area contributed by atoms with Crippen LogP contribution < -0.4 is 0 Å². The van der Waals surface area contributed by atoms with Crippen LogP contribution >= 0.6 is 0 Å². The zero-order valence-corrected chi connectivity index (χ0v) is 18.1. The number of carbonyl (C=O) groups is 2. The minimum Gasteiger partial charge on any atom is -0.394 e. The van der Waals surface area contributed by atoms with Crippen molar-refractivity contribution in [1.82, 2.24) is 14.8 Å². The fraction of sp³-hybridized carbons (Fsp3) is 0.269. The molecule has 6 heteroatoms. The number of amides is 2. The number of benzene rings is 2. The van der Waals surface area contributed by atoms with Crippen molar-refractivity contribution in [2.45, 2.75) is 25.4 Å². The highest BCUT2D eigenvalue weighted by Gasteiger charge is 2.46. The molecule has 2 aliphatic rings. The molecule has 1 aromatic heterocycles. The number of nitrogens with zero attached hydrogens (tertiary/aromatic N) is 3. The third-order valence-electron chi connectivity index (χ3n) is 6.03. The van der Waals surface area contributed by atoms with Crippen LogP contribution in [0.1, 0.15) is 22.3 Å². The van der Waals surface area contributed by atoms with E-state index in [1.807, 2.05) is 6.07 Å². The molecule has 3 heterocycles. The summed E-state index contributed by atoms with van der Waals surface area (Å²) in [5, 5.41) is 9.11. The van der Waals surface area contributed by atoms with E-state index in [2.05, 4.69) is 60.4 Å². The molecular formula is C26H27N3O3. The van der Waals surface area contributed by atoms with Crippen LogP contribution in [0.4, 0.5) is 0 Å². The lowest BCUT2D eigenvalue weighted by atomic mass is 9.90. The second-order valence-electron chi connectivity index (χ2n) is 8.13. The summed E-state index contributed by atoms with van der Waals surface area (Å²) < 4.78 is 0. The highest BCUT2D eigenvalue weighted by Crippen LogP contribution is 2.30. The molecule has 0 radical (unpaired) electrons. The fourth-order valence-corrected chi connectivity index (χ4v) is 4.34. The van der Waals surface area contributed by atoms with Crippen LogP contribution in [0, 0.1) is 6.92 Å². The van der Waals surface area contributed by atoms with Gasteiger partial charge in [0.1, 0.15) is 6.54 Å². The number of carbonyl (C=O) groups excluding carboxylic acids is 2. The lowest BCUT2D eigenvalue weighted by molar-refractivity contribution is -0.155. The Morgan fingerprint density at radius 1 is 1.03 bits per heavy atom.